The van der Waals surface area contributed by atoms with Crippen molar-refractivity contribution in [1.29, 1.82) is 0 Å². The summed E-state index contributed by atoms with van der Waals surface area (Å²) in [6.45, 7) is 0.196. The first-order chi connectivity index (χ1) is 17.6. The predicted molar refractivity (Wildman–Crippen MR) is 124 cm³/mol. The average Bonchev–Trinajstić information content (AvgIpc) is 3.20. The number of aromatic nitrogens is 3. The van der Waals surface area contributed by atoms with E-state index >= 15 is 0 Å². The van der Waals surface area contributed by atoms with Crippen LogP contribution in [0.4, 0.5) is 18.0 Å². The third kappa shape index (κ3) is 4.80. The number of piperazine rings is 1. The van der Waals surface area contributed by atoms with Crippen LogP contribution >= 0.6 is 0 Å². The van der Waals surface area contributed by atoms with Crippen LogP contribution in [0.1, 0.15) is 30.0 Å². The second-order valence-electron chi connectivity index (χ2n) is 9.12. The maximum atomic E-state index is 13.1. The fraction of sp³-hybridized carbons (Fsp3) is 0.375. The second kappa shape index (κ2) is 9.37. The third-order valence-electron chi connectivity index (χ3n) is 6.76. The molecule has 0 aliphatic carbocycles. The van der Waals surface area contributed by atoms with Gasteiger partial charge in [-0.15, -0.1) is 0 Å². The quantitative estimate of drug-likeness (QED) is 0.538. The number of benzene rings is 1. The van der Waals surface area contributed by atoms with Gasteiger partial charge in [0, 0.05) is 31.5 Å². The summed E-state index contributed by atoms with van der Waals surface area (Å²) < 4.78 is 40.5. The lowest BCUT2D eigenvalue weighted by Crippen LogP contribution is -2.58. The van der Waals surface area contributed by atoms with Crippen molar-refractivity contribution in [2.24, 2.45) is 0 Å². The van der Waals surface area contributed by atoms with Crippen LogP contribution in [0.5, 0.6) is 0 Å². The number of amides is 4. The Morgan fingerprint density at radius 3 is 2.24 bits per heavy atom. The molecule has 37 heavy (non-hydrogen) atoms. The van der Waals surface area contributed by atoms with Gasteiger partial charge in [0.25, 0.3) is 0 Å². The Balaban J connectivity index is 1.23. The lowest BCUT2D eigenvalue weighted by Gasteiger charge is -2.38. The number of aromatic amines is 1. The maximum absolute atomic E-state index is 13.1. The van der Waals surface area contributed by atoms with Crippen molar-refractivity contribution in [1.82, 2.24) is 29.2 Å². The van der Waals surface area contributed by atoms with Crippen LogP contribution in [0.3, 0.4) is 0 Å². The number of nitrogens with zero attached hydrogens (tertiary/aromatic N) is 5. The summed E-state index contributed by atoms with van der Waals surface area (Å²) in [5, 5.41) is 0. The number of alkyl halides is 3. The van der Waals surface area contributed by atoms with Gasteiger partial charge in [-0.05, 0) is 48.7 Å². The normalized spacial score (nSPS) is 17.6. The fourth-order valence-electron chi connectivity index (χ4n) is 4.86. The number of imidazole rings is 1. The van der Waals surface area contributed by atoms with Gasteiger partial charge in [-0.2, -0.15) is 13.2 Å². The van der Waals surface area contributed by atoms with Gasteiger partial charge >= 0.3 is 17.9 Å². The highest BCUT2D eigenvalue weighted by Crippen LogP contribution is 2.32. The molecule has 13 heteroatoms. The minimum absolute atomic E-state index is 0.0972. The van der Waals surface area contributed by atoms with E-state index in [0.29, 0.717) is 18.4 Å². The van der Waals surface area contributed by atoms with Crippen molar-refractivity contribution in [3.8, 4) is 0 Å². The Morgan fingerprint density at radius 2 is 1.62 bits per heavy atom. The highest BCUT2D eigenvalue weighted by molar-refractivity contribution is 6.02. The Labute approximate surface area is 208 Å². The number of nitrogens with one attached hydrogen (secondary N) is 1. The molecule has 5 rings (SSSR count). The number of carbonyl (C=O) groups excluding carboxylic acids is 3. The number of likely N-dealkylation sites (tertiary alicyclic amines) is 1. The van der Waals surface area contributed by atoms with Crippen molar-refractivity contribution in [3.05, 3.63) is 64.3 Å². The molecule has 4 amide bonds. The number of imide groups is 1. The van der Waals surface area contributed by atoms with Crippen LogP contribution in [0, 0.1) is 0 Å². The molecular weight excluding hydrogens is 493 g/mol. The summed E-state index contributed by atoms with van der Waals surface area (Å²) in [7, 11) is 0. The molecule has 2 aliphatic rings. The largest absolute Gasteiger partial charge is 0.416 e. The highest BCUT2D eigenvalue weighted by atomic mass is 19.4. The van der Waals surface area contributed by atoms with Gasteiger partial charge in [-0.25, -0.2) is 9.59 Å². The van der Waals surface area contributed by atoms with Crippen molar-refractivity contribution >= 4 is 28.9 Å². The molecule has 3 aromatic rings. The van der Waals surface area contributed by atoms with Crippen LogP contribution in [0.2, 0.25) is 0 Å². The molecule has 1 aromatic carbocycles. The molecule has 2 saturated heterocycles. The zero-order valence-electron chi connectivity index (χ0n) is 19.6. The zero-order chi connectivity index (χ0) is 26.3. The minimum atomic E-state index is -4.52. The first-order valence-electron chi connectivity index (χ1n) is 11.7. The molecule has 2 aliphatic heterocycles. The lowest BCUT2D eigenvalue weighted by molar-refractivity contribution is -0.151. The standard InChI is InChI=1S/C24H23F3N6O4/c25-24(26,27)16-1-2-19-18(11-16)29-22(36)33(19)17-5-9-30(10-6-17)23(37)31-13-20(34)32(21(35)14-31)12-15-3-7-28-8-4-15/h1-4,7-8,11,17H,5-6,9-10,12-14H2,(H,29,36). The summed E-state index contributed by atoms with van der Waals surface area (Å²) in [5.74, 6) is -0.945. The Kier molecular flexibility index (Phi) is 6.21. The maximum Gasteiger partial charge on any atom is 0.416 e. The monoisotopic (exact) mass is 516 g/mol. The Bertz CT molecular complexity index is 1390. The van der Waals surface area contributed by atoms with E-state index in [1.165, 1.54) is 20.4 Å². The molecule has 4 heterocycles. The van der Waals surface area contributed by atoms with Gasteiger partial charge in [0.05, 0.1) is 23.1 Å². The van der Waals surface area contributed by atoms with Crippen LogP contribution < -0.4 is 5.69 Å². The first-order valence-corrected chi connectivity index (χ1v) is 11.7. The number of hydrogen-bond acceptors (Lipinski definition) is 5. The van der Waals surface area contributed by atoms with E-state index in [-0.39, 0.29) is 44.3 Å². The highest BCUT2D eigenvalue weighted by Gasteiger charge is 2.37. The SMILES string of the molecule is O=C(N1CCC(n2c(=O)[nH]c3cc(C(F)(F)F)ccc32)CC1)N1CC(=O)N(Cc2ccncc2)C(=O)C1. The van der Waals surface area contributed by atoms with Gasteiger partial charge in [-0.1, -0.05) is 0 Å². The molecule has 0 atom stereocenters. The van der Waals surface area contributed by atoms with E-state index in [1.807, 2.05) is 0 Å². The fourth-order valence-corrected chi connectivity index (χ4v) is 4.86. The van der Waals surface area contributed by atoms with Crippen LogP contribution in [-0.2, 0) is 22.3 Å². The summed E-state index contributed by atoms with van der Waals surface area (Å²) in [6, 6.07) is 5.78. The van der Waals surface area contributed by atoms with Gasteiger partial charge in [0.1, 0.15) is 13.1 Å². The van der Waals surface area contributed by atoms with E-state index in [9.17, 15) is 32.3 Å². The number of rotatable bonds is 3. The van der Waals surface area contributed by atoms with Crippen molar-refractivity contribution in [2.75, 3.05) is 26.2 Å². The third-order valence-corrected chi connectivity index (χ3v) is 6.76. The van der Waals surface area contributed by atoms with Crippen molar-refractivity contribution < 1.29 is 27.6 Å². The van der Waals surface area contributed by atoms with E-state index < -0.39 is 35.3 Å². The molecule has 0 unspecified atom stereocenters. The molecule has 2 fully saturated rings. The van der Waals surface area contributed by atoms with Crippen LogP contribution in [0.25, 0.3) is 11.0 Å². The number of fused-ring (bicyclic) bond motifs is 1. The number of piperidine rings is 1. The van der Waals surface area contributed by atoms with E-state index in [1.54, 1.807) is 24.5 Å². The molecule has 2 aromatic heterocycles. The number of H-pyrrole nitrogens is 1. The molecule has 0 spiro atoms. The first kappa shape index (κ1) is 24.5. The average molecular weight is 516 g/mol. The van der Waals surface area contributed by atoms with Gasteiger partial charge < -0.3 is 14.8 Å². The Morgan fingerprint density at radius 1 is 0.973 bits per heavy atom. The summed E-state index contributed by atoms with van der Waals surface area (Å²) >= 11 is 0. The van der Waals surface area contributed by atoms with Gasteiger partial charge in [0.2, 0.25) is 11.8 Å². The second-order valence-corrected chi connectivity index (χ2v) is 9.12. The topological polar surface area (TPSA) is 112 Å². The minimum Gasteiger partial charge on any atom is -0.324 e. The number of halogens is 3. The predicted octanol–water partition coefficient (Wildman–Crippen LogP) is 2.37. The molecule has 0 bridgehead atoms. The number of carbonyl (C=O) groups is 3. The number of urea groups is 1. The van der Waals surface area contributed by atoms with E-state index in [4.69, 9.17) is 0 Å². The summed E-state index contributed by atoms with van der Waals surface area (Å²) in [5.41, 5.74) is -0.149. The molecule has 0 saturated carbocycles. The van der Waals surface area contributed by atoms with Crippen molar-refractivity contribution in [3.63, 3.8) is 0 Å². The Hall–Kier alpha value is -4.16. The number of pyridine rings is 1. The van der Waals surface area contributed by atoms with Crippen LogP contribution in [0.15, 0.2) is 47.5 Å². The van der Waals surface area contributed by atoms with Crippen LogP contribution in [-0.4, -0.2) is 73.3 Å². The van der Waals surface area contributed by atoms with Gasteiger partial charge in [0.15, 0.2) is 0 Å². The number of hydrogen-bond donors (Lipinski definition) is 1. The molecule has 194 valence electrons. The zero-order valence-corrected chi connectivity index (χ0v) is 19.6. The van der Waals surface area contributed by atoms with Gasteiger partial charge in [-0.3, -0.25) is 24.0 Å². The van der Waals surface area contributed by atoms with E-state index in [2.05, 4.69) is 9.97 Å². The lowest BCUT2D eigenvalue weighted by atomic mass is 10.0. The molecular formula is C24H23F3N6O4. The molecule has 10 nitrogen and oxygen atoms in total. The summed E-state index contributed by atoms with van der Waals surface area (Å²) in [4.78, 5) is 61.1. The smallest absolute Gasteiger partial charge is 0.324 e. The summed E-state index contributed by atoms with van der Waals surface area (Å²) in [6.07, 6.45) is -0.602. The van der Waals surface area contributed by atoms with E-state index in [0.717, 1.165) is 22.6 Å². The molecule has 1 N–H and O–H groups in total. The molecule has 0 radical (unpaired) electrons. The van der Waals surface area contributed by atoms with Crippen molar-refractivity contribution in [2.45, 2.75) is 31.6 Å².